The first-order valence-electron chi connectivity index (χ1n) is 8.17. The first kappa shape index (κ1) is 15.4. The lowest BCUT2D eigenvalue weighted by Crippen LogP contribution is -2.60. The van der Waals surface area contributed by atoms with Crippen LogP contribution in [-0.2, 0) is 0 Å². The number of rotatable bonds is 3. The van der Waals surface area contributed by atoms with Crippen molar-refractivity contribution in [2.75, 3.05) is 0 Å². The zero-order chi connectivity index (χ0) is 15.0. The minimum Gasteiger partial charge on any atom is -0.489 e. The van der Waals surface area contributed by atoms with Gasteiger partial charge in [0.05, 0.1) is 6.10 Å². The molecular weight excluding hydrogens is 328 g/mol. The summed E-state index contributed by atoms with van der Waals surface area (Å²) < 4.78 is 7.48. The second-order valence-corrected chi connectivity index (χ2v) is 7.90. The van der Waals surface area contributed by atoms with Gasteiger partial charge in [-0.1, -0.05) is 49.0 Å². The fourth-order valence-electron chi connectivity index (χ4n) is 3.99. The van der Waals surface area contributed by atoms with Crippen LogP contribution in [0.5, 0.6) is 5.75 Å². The van der Waals surface area contributed by atoms with Gasteiger partial charge in [-0.25, -0.2) is 0 Å². The van der Waals surface area contributed by atoms with Crippen molar-refractivity contribution >= 4 is 15.9 Å². The maximum atomic E-state index is 10.3. The maximum absolute atomic E-state index is 10.3. The smallest absolute Gasteiger partial charge is 0.123 e. The van der Waals surface area contributed by atoms with Crippen molar-refractivity contribution < 1.29 is 9.84 Å². The molecule has 0 heterocycles. The van der Waals surface area contributed by atoms with Crippen LogP contribution < -0.4 is 4.74 Å². The molecule has 1 aromatic carbocycles. The summed E-state index contributed by atoms with van der Waals surface area (Å²) in [5, 5.41) is 10.3. The standard InChI is InChI=1S/C18H25BrO2/c1-12(2)14-10-13(19)6-7-15(14)21-17-11-16(20)18(17)8-4-3-5-9-18/h6-7,10,12,16-17,20H,3-5,8-9,11H2,1-2H3. The van der Waals surface area contributed by atoms with E-state index in [4.69, 9.17) is 4.74 Å². The van der Waals surface area contributed by atoms with Gasteiger partial charge in [0.15, 0.2) is 0 Å². The summed E-state index contributed by atoms with van der Waals surface area (Å²) in [4.78, 5) is 0. The highest BCUT2D eigenvalue weighted by atomic mass is 79.9. The fourth-order valence-corrected chi connectivity index (χ4v) is 4.37. The highest BCUT2D eigenvalue weighted by Crippen LogP contribution is 2.53. The number of aliphatic hydroxyl groups is 1. The Balaban J connectivity index is 1.81. The molecule has 2 fully saturated rings. The summed E-state index contributed by atoms with van der Waals surface area (Å²) in [7, 11) is 0. The molecule has 1 aromatic rings. The van der Waals surface area contributed by atoms with Gasteiger partial charge >= 0.3 is 0 Å². The maximum Gasteiger partial charge on any atom is 0.123 e. The van der Waals surface area contributed by atoms with Crippen molar-refractivity contribution in [2.24, 2.45) is 5.41 Å². The summed E-state index contributed by atoms with van der Waals surface area (Å²) in [5.74, 6) is 1.43. The van der Waals surface area contributed by atoms with E-state index in [0.29, 0.717) is 5.92 Å². The third-order valence-corrected chi connectivity index (χ3v) is 5.88. The van der Waals surface area contributed by atoms with Crippen LogP contribution in [0.15, 0.2) is 22.7 Å². The molecule has 0 aromatic heterocycles. The van der Waals surface area contributed by atoms with Crippen molar-refractivity contribution in [3.63, 3.8) is 0 Å². The molecule has 2 unspecified atom stereocenters. The first-order valence-corrected chi connectivity index (χ1v) is 8.96. The van der Waals surface area contributed by atoms with E-state index >= 15 is 0 Å². The predicted octanol–water partition coefficient (Wildman–Crippen LogP) is 5.04. The molecule has 0 aliphatic heterocycles. The van der Waals surface area contributed by atoms with Crippen LogP contribution >= 0.6 is 15.9 Å². The second kappa shape index (κ2) is 5.92. The average molecular weight is 353 g/mol. The van der Waals surface area contributed by atoms with E-state index < -0.39 is 0 Å². The molecule has 0 radical (unpaired) electrons. The normalized spacial score (nSPS) is 27.7. The Bertz CT molecular complexity index is 506. The number of hydrogen-bond donors (Lipinski definition) is 1. The third-order valence-electron chi connectivity index (χ3n) is 5.39. The van der Waals surface area contributed by atoms with Gasteiger partial charge in [0.25, 0.3) is 0 Å². The molecule has 2 aliphatic rings. The Kier molecular flexibility index (Phi) is 4.33. The summed E-state index contributed by atoms with van der Waals surface area (Å²) in [6, 6.07) is 6.27. The van der Waals surface area contributed by atoms with E-state index in [2.05, 4.69) is 41.9 Å². The number of benzene rings is 1. The van der Waals surface area contributed by atoms with Crippen molar-refractivity contribution in [3.05, 3.63) is 28.2 Å². The van der Waals surface area contributed by atoms with Gasteiger partial charge < -0.3 is 9.84 Å². The lowest BCUT2D eigenvalue weighted by Gasteiger charge is -2.55. The Hall–Kier alpha value is -0.540. The Labute approximate surface area is 136 Å². The number of aliphatic hydroxyl groups excluding tert-OH is 1. The van der Waals surface area contributed by atoms with Crippen molar-refractivity contribution in [1.82, 2.24) is 0 Å². The lowest BCUT2D eigenvalue weighted by molar-refractivity contribution is -0.172. The molecule has 2 saturated carbocycles. The Morgan fingerprint density at radius 3 is 2.57 bits per heavy atom. The molecule has 0 saturated heterocycles. The van der Waals surface area contributed by atoms with Gasteiger partial charge in [-0.05, 0) is 42.5 Å². The molecule has 3 rings (SSSR count). The van der Waals surface area contributed by atoms with Crippen LogP contribution in [-0.4, -0.2) is 17.3 Å². The minimum absolute atomic E-state index is 0.0274. The molecule has 2 nitrogen and oxygen atoms in total. The Morgan fingerprint density at radius 1 is 1.24 bits per heavy atom. The van der Waals surface area contributed by atoms with E-state index in [1.807, 2.05) is 6.07 Å². The zero-order valence-corrected chi connectivity index (χ0v) is 14.5. The molecule has 2 atom stereocenters. The molecule has 3 heteroatoms. The van der Waals surface area contributed by atoms with Gasteiger partial charge in [-0.15, -0.1) is 0 Å². The summed E-state index contributed by atoms with van der Waals surface area (Å²) in [6.07, 6.45) is 6.80. The summed E-state index contributed by atoms with van der Waals surface area (Å²) >= 11 is 3.55. The number of hydrogen-bond acceptors (Lipinski definition) is 2. The van der Waals surface area contributed by atoms with E-state index in [0.717, 1.165) is 29.5 Å². The van der Waals surface area contributed by atoms with Crippen molar-refractivity contribution in [3.8, 4) is 5.75 Å². The van der Waals surface area contributed by atoms with Gasteiger partial charge in [0, 0.05) is 16.3 Å². The molecule has 21 heavy (non-hydrogen) atoms. The topological polar surface area (TPSA) is 29.5 Å². The molecule has 116 valence electrons. The third kappa shape index (κ3) is 2.75. The zero-order valence-electron chi connectivity index (χ0n) is 12.9. The van der Waals surface area contributed by atoms with E-state index in [9.17, 15) is 5.11 Å². The summed E-state index contributed by atoms with van der Waals surface area (Å²) in [5.41, 5.74) is 1.27. The Morgan fingerprint density at radius 2 is 1.95 bits per heavy atom. The molecular formula is C18H25BrO2. The number of halogens is 1. The van der Waals surface area contributed by atoms with Crippen LogP contribution in [0.4, 0.5) is 0 Å². The van der Waals surface area contributed by atoms with E-state index in [-0.39, 0.29) is 17.6 Å². The second-order valence-electron chi connectivity index (χ2n) is 6.99. The van der Waals surface area contributed by atoms with E-state index in [1.165, 1.54) is 24.8 Å². The molecule has 1 spiro atoms. The summed E-state index contributed by atoms with van der Waals surface area (Å²) in [6.45, 7) is 4.39. The van der Waals surface area contributed by atoms with Crippen LogP contribution in [0.1, 0.15) is 63.9 Å². The fraction of sp³-hybridized carbons (Fsp3) is 0.667. The lowest BCUT2D eigenvalue weighted by atomic mass is 9.56. The quantitative estimate of drug-likeness (QED) is 0.825. The van der Waals surface area contributed by atoms with Crippen LogP contribution in [0.2, 0.25) is 0 Å². The number of ether oxygens (including phenoxy) is 1. The van der Waals surface area contributed by atoms with Gasteiger partial charge in [-0.2, -0.15) is 0 Å². The van der Waals surface area contributed by atoms with Gasteiger partial charge in [0.1, 0.15) is 11.9 Å². The van der Waals surface area contributed by atoms with Crippen LogP contribution in [0, 0.1) is 5.41 Å². The highest BCUT2D eigenvalue weighted by Gasteiger charge is 2.56. The van der Waals surface area contributed by atoms with Crippen LogP contribution in [0.25, 0.3) is 0 Å². The predicted molar refractivity (Wildman–Crippen MR) is 88.8 cm³/mol. The first-order chi connectivity index (χ1) is 10.0. The van der Waals surface area contributed by atoms with Crippen molar-refractivity contribution in [2.45, 2.75) is 70.5 Å². The highest BCUT2D eigenvalue weighted by molar-refractivity contribution is 9.10. The largest absolute Gasteiger partial charge is 0.489 e. The molecule has 1 N–H and O–H groups in total. The molecule has 2 aliphatic carbocycles. The van der Waals surface area contributed by atoms with Crippen LogP contribution in [0.3, 0.4) is 0 Å². The SMILES string of the molecule is CC(C)c1cc(Br)ccc1OC1CC(O)C12CCCCC2. The van der Waals surface area contributed by atoms with Crippen molar-refractivity contribution in [1.29, 1.82) is 0 Å². The van der Waals surface area contributed by atoms with Gasteiger partial charge in [-0.3, -0.25) is 0 Å². The molecule has 0 amide bonds. The minimum atomic E-state index is -0.166. The van der Waals surface area contributed by atoms with E-state index in [1.54, 1.807) is 0 Å². The molecule has 0 bridgehead atoms. The van der Waals surface area contributed by atoms with Gasteiger partial charge in [0.2, 0.25) is 0 Å². The monoisotopic (exact) mass is 352 g/mol. The average Bonchev–Trinajstić information content (AvgIpc) is 2.49.